The molecule has 1 atom stereocenters. The normalized spacial score (nSPS) is 13.2. The van der Waals surface area contributed by atoms with Crippen molar-refractivity contribution in [2.45, 2.75) is 25.3 Å². The van der Waals surface area contributed by atoms with Crippen LogP contribution in [-0.2, 0) is 12.0 Å². The molecule has 0 aliphatic carbocycles. The van der Waals surface area contributed by atoms with Gasteiger partial charge in [-0.15, -0.1) is 0 Å². The minimum atomic E-state index is -0.277. The fourth-order valence-corrected chi connectivity index (χ4v) is 4.26. The number of hydrogen-bond donors (Lipinski definition) is 0. The van der Waals surface area contributed by atoms with Gasteiger partial charge in [-0.05, 0) is 60.8 Å². The van der Waals surface area contributed by atoms with Crippen molar-refractivity contribution in [1.29, 1.82) is 0 Å². The van der Waals surface area contributed by atoms with E-state index in [1.807, 2.05) is 18.2 Å². The van der Waals surface area contributed by atoms with Crippen LogP contribution in [0, 0.1) is 0 Å². The summed E-state index contributed by atoms with van der Waals surface area (Å²) in [7, 11) is 7.24. The molecule has 3 aromatic rings. The molecule has 3 rings (SSSR count). The molecular formula is C29H35NO3. The average molecular weight is 446 g/mol. The number of methoxy groups -OCH3 is 3. The van der Waals surface area contributed by atoms with Crippen LogP contribution in [0.5, 0.6) is 17.2 Å². The molecule has 1 unspecified atom stereocenters. The third-order valence-corrected chi connectivity index (χ3v) is 6.32. The maximum absolute atomic E-state index is 5.55. The summed E-state index contributed by atoms with van der Waals surface area (Å²) < 4.78 is 16.4. The van der Waals surface area contributed by atoms with Gasteiger partial charge in [-0.25, -0.2) is 0 Å². The minimum absolute atomic E-state index is 0.277. The first-order chi connectivity index (χ1) is 16.1. The van der Waals surface area contributed by atoms with Crippen molar-refractivity contribution in [3.63, 3.8) is 0 Å². The number of benzene rings is 3. The number of hydrogen-bond acceptors (Lipinski definition) is 4. The maximum Gasteiger partial charge on any atom is 0.160 e. The predicted octanol–water partition coefficient (Wildman–Crippen LogP) is 6.21. The third-order valence-electron chi connectivity index (χ3n) is 6.32. The van der Waals surface area contributed by atoms with Crippen molar-refractivity contribution in [1.82, 2.24) is 4.90 Å². The summed E-state index contributed by atoms with van der Waals surface area (Å²) in [5, 5.41) is 0. The smallest absolute Gasteiger partial charge is 0.160 e. The standard InChI is InChI=1S/C29H35NO3/c1-6-29(19-17-23-11-8-7-9-12-23,25-13-10-14-26(22-25)31-3)30(2)20-18-24-15-16-27(32-4)28(21-24)33-5/h7-17,19,21-22H,6,18,20H2,1-5H3. The van der Waals surface area contributed by atoms with E-state index < -0.39 is 0 Å². The highest BCUT2D eigenvalue weighted by Crippen LogP contribution is 2.36. The van der Waals surface area contributed by atoms with E-state index in [9.17, 15) is 0 Å². The molecule has 0 bridgehead atoms. The molecule has 0 aromatic heterocycles. The van der Waals surface area contributed by atoms with E-state index in [1.165, 1.54) is 16.7 Å². The van der Waals surface area contributed by atoms with Gasteiger partial charge in [0, 0.05) is 6.54 Å². The van der Waals surface area contributed by atoms with Crippen LogP contribution in [0.4, 0.5) is 0 Å². The molecule has 0 heterocycles. The number of rotatable bonds is 11. The van der Waals surface area contributed by atoms with Gasteiger partial charge in [-0.3, -0.25) is 4.90 Å². The van der Waals surface area contributed by atoms with E-state index in [4.69, 9.17) is 14.2 Å². The molecule has 0 aliphatic rings. The van der Waals surface area contributed by atoms with Crippen LogP contribution in [0.3, 0.4) is 0 Å². The maximum atomic E-state index is 5.55. The Hall–Kier alpha value is -3.24. The lowest BCUT2D eigenvalue weighted by atomic mass is 9.84. The SMILES string of the molecule is CCC(C=Cc1ccccc1)(c1cccc(OC)c1)N(C)CCc1ccc(OC)c(OC)c1. The van der Waals surface area contributed by atoms with Crippen molar-refractivity contribution in [3.05, 3.63) is 95.6 Å². The Morgan fingerprint density at radius 3 is 2.24 bits per heavy atom. The molecule has 0 saturated heterocycles. The fraction of sp³-hybridized carbons (Fsp3) is 0.310. The zero-order valence-electron chi connectivity index (χ0n) is 20.4. The Morgan fingerprint density at radius 1 is 0.818 bits per heavy atom. The van der Waals surface area contributed by atoms with Crippen LogP contribution in [0.1, 0.15) is 30.0 Å². The van der Waals surface area contributed by atoms with Gasteiger partial charge in [-0.1, -0.05) is 67.6 Å². The molecule has 0 radical (unpaired) electrons. The van der Waals surface area contributed by atoms with Crippen LogP contribution in [0.15, 0.2) is 78.9 Å². The average Bonchev–Trinajstić information content (AvgIpc) is 2.88. The monoisotopic (exact) mass is 445 g/mol. The summed E-state index contributed by atoms with van der Waals surface area (Å²) in [6.07, 6.45) is 6.36. The highest BCUT2D eigenvalue weighted by Gasteiger charge is 2.32. The van der Waals surface area contributed by atoms with Crippen molar-refractivity contribution in [3.8, 4) is 17.2 Å². The quantitative estimate of drug-likeness (QED) is 0.351. The van der Waals surface area contributed by atoms with Crippen molar-refractivity contribution in [2.24, 2.45) is 0 Å². The van der Waals surface area contributed by atoms with E-state index in [1.54, 1.807) is 21.3 Å². The molecule has 3 aromatic carbocycles. The fourth-order valence-electron chi connectivity index (χ4n) is 4.26. The predicted molar refractivity (Wildman–Crippen MR) is 136 cm³/mol. The Kier molecular flexibility index (Phi) is 8.56. The molecule has 0 N–H and O–H groups in total. The third kappa shape index (κ3) is 5.77. The highest BCUT2D eigenvalue weighted by atomic mass is 16.5. The van der Waals surface area contributed by atoms with E-state index in [0.29, 0.717) is 0 Å². The van der Waals surface area contributed by atoms with Crippen molar-refractivity contribution >= 4 is 6.08 Å². The van der Waals surface area contributed by atoms with Gasteiger partial charge >= 0.3 is 0 Å². The van der Waals surface area contributed by atoms with Crippen LogP contribution < -0.4 is 14.2 Å². The van der Waals surface area contributed by atoms with E-state index in [-0.39, 0.29) is 5.54 Å². The molecule has 4 nitrogen and oxygen atoms in total. The molecule has 0 amide bonds. The van der Waals surface area contributed by atoms with Gasteiger partial charge in [0.05, 0.1) is 26.9 Å². The van der Waals surface area contributed by atoms with Crippen molar-refractivity contribution < 1.29 is 14.2 Å². The van der Waals surface area contributed by atoms with Gasteiger partial charge in [0.25, 0.3) is 0 Å². The van der Waals surface area contributed by atoms with E-state index >= 15 is 0 Å². The Bertz CT molecular complexity index is 1050. The molecule has 4 heteroatoms. The lowest BCUT2D eigenvalue weighted by molar-refractivity contribution is 0.164. The second-order valence-corrected chi connectivity index (χ2v) is 8.11. The molecule has 0 spiro atoms. The topological polar surface area (TPSA) is 30.9 Å². The van der Waals surface area contributed by atoms with E-state index in [2.05, 4.69) is 85.6 Å². The van der Waals surface area contributed by atoms with Crippen molar-refractivity contribution in [2.75, 3.05) is 34.9 Å². The molecular weight excluding hydrogens is 410 g/mol. The van der Waals surface area contributed by atoms with Gasteiger partial charge in [0.1, 0.15) is 5.75 Å². The van der Waals surface area contributed by atoms with Gasteiger partial charge in [0.2, 0.25) is 0 Å². The zero-order chi connectivity index (χ0) is 23.7. The van der Waals surface area contributed by atoms with Gasteiger partial charge in [0.15, 0.2) is 11.5 Å². The first kappa shape index (κ1) is 24.4. The summed E-state index contributed by atoms with van der Waals surface area (Å²) in [5.41, 5.74) is 3.33. The first-order valence-electron chi connectivity index (χ1n) is 11.4. The summed E-state index contributed by atoms with van der Waals surface area (Å²) >= 11 is 0. The van der Waals surface area contributed by atoms with Crippen LogP contribution in [0.25, 0.3) is 6.08 Å². The van der Waals surface area contributed by atoms with Crippen LogP contribution in [0.2, 0.25) is 0 Å². The summed E-state index contributed by atoms with van der Waals surface area (Å²) in [4.78, 5) is 2.43. The molecule has 0 saturated carbocycles. The Balaban J connectivity index is 1.93. The summed E-state index contributed by atoms with van der Waals surface area (Å²) in [5.74, 6) is 2.38. The van der Waals surface area contributed by atoms with Crippen LogP contribution in [-0.4, -0.2) is 39.8 Å². The largest absolute Gasteiger partial charge is 0.497 e. The second kappa shape index (κ2) is 11.6. The summed E-state index contributed by atoms with van der Waals surface area (Å²) in [6.45, 7) is 3.11. The zero-order valence-corrected chi connectivity index (χ0v) is 20.4. The molecule has 0 fully saturated rings. The first-order valence-corrected chi connectivity index (χ1v) is 11.4. The lowest BCUT2D eigenvalue weighted by Crippen LogP contribution is -2.43. The number of nitrogens with zero attached hydrogens (tertiary/aromatic N) is 1. The van der Waals surface area contributed by atoms with Gasteiger partial charge in [-0.2, -0.15) is 0 Å². The second-order valence-electron chi connectivity index (χ2n) is 8.11. The lowest BCUT2D eigenvalue weighted by Gasteiger charge is -2.40. The highest BCUT2D eigenvalue weighted by molar-refractivity contribution is 5.52. The number of ether oxygens (including phenoxy) is 3. The van der Waals surface area contributed by atoms with Gasteiger partial charge < -0.3 is 14.2 Å². The molecule has 174 valence electrons. The van der Waals surface area contributed by atoms with E-state index in [0.717, 1.165) is 36.6 Å². The number of likely N-dealkylation sites (N-methyl/N-ethyl adjacent to an activating group) is 1. The summed E-state index contributed by atoms with van der Waals surface area (Å²) in [6, 6.07) is 25.0. The molecule has 0 aliphatic heterocycles. The minimum Gasteiger partial charge on any atom is -0.497 e. The Labute approximate surface area is 198 Å². The van der Waals surface area contributed by atoms with Crippen LogP contribution >= 0.6 is 0 Å². The molecule has 33 heavy (non-hydrogen) atoms. The Morgan fingerprint density at radius 2 is 1.58 bits per heavy atom.